The number of rotatable bonds is 10. The average Bonchev–Trinajstić information content (AvgIpc) is 2.95. The number of unbranched alkanes of at least 4 members (excludes halogenated alkanes) is 2. The van der Waals surface area contributed by atoms with Crippen molar-refractivity contribution in [2.75, 3.05) is 25.7 Å². The van der Waals surface area contributed by atoms with E-state index >= 15 is 0 Å². The van der Waals surface area contributed by atoms with Crippen molar-refractivity contribution in [3.8, 4) is 11.5 Å². The Morgan fingerprint density at radius 3 is 2.34 bits per heavy atom. The first-order valence-electron chi connectivity index (χ1n) is 14.6. The fourth-order valence-corrected chi connectivity index (χ4v) is 9.48. The quantitative estimate of drug-likeness (QED) is 0.275. The Labute approximate surface area is 239 Å². The van der Waals surface area contributed by atoms with Gasteiger partial charge in [-0.15, -0.1) is 11.8 Å². The molecule has 2 atom stereocenters. The topological polar surface area (TPSA) is 18.5 Å². The van der Waals surface area contributed by atoms with Gasteiger partial charge < -0.3 is 9.47 Å². The van der Waals surface area contributed by atoms with Gasteiger partial charge in [0.15, 0.2) is 0 Å². The molecule has 0 aromatic heterocycles. The summed E-state index contributed by atoms with van der Waals surface area (Å²) in [7, 11) is 3.58. The third kappa shape index (κ3) is 5.45. The monoisotopic (exact) mass is 548 g/mol. The summed E-state index contributed by atoms with van der Waals surface area (Å²) in [4.78, 5) is 0. The Morgan fingerprint density at radius 2 is 1.58 bits per heavy atom. The number of aryl methyl sites for hydroxylation is 2. The highest BCUT2D eigenvalue weighted by Crippen LogP contribution is 2.58. The smallest absolute Gasteiger partial charge is 0.119 e. The molecule has 0 heterocycles. The van der Waals surface area contributed by atoms with Gasteiger partial charge in [-0.05, 0) is 120 Å². The fraction of sp³-hybridized carbons (Fsp3) is 0.529. The van der Waals surface area contributed by atoms with Crippen LogP contribution in [0.2, 0.25) is 0 Å². The van der Waals surface area contributed by atoms with Crippen molar-refractivity contribution in [3.63, 3.8) is 0 Å². The van der Waals surface area contributed by atoms with Crippen LogP contribution in [0, 0.1) is 0 Å². The fourth-order valence-electron chi connectivity index (χ4n) is 6.76. The van der Waals surface area contributed by atoms with E-state index in [1.54, 1.807) is 36.5 Å². The van der Waals surface area contributed by atoms with E-state index < -0.39 is 0 Å². The van der Waals surface area contributed by atoms with Crippen LogP contribution in [-0.2, 0) is 18.3 Å². The van der Waals surface area contributed by atoms with Crippen LogP contribution < -0.4 is 9.47 Å². The third-order valence-corrected chi connectivity index (χ3v) is 11.2. The van der Waals surface area contributed by atoms with E-state index in [1.165, 1.54) is 66.7 Å². The van der Waals surface area contributed by atoms with E-state index in [2.05, 4.69) is 79.2 Å². The summed E-state index contributed by atoms with van der Waals surface area (Å²) in [5, 5.41) is 3.16. The molecule has 5 rings (SSSR count). The number of methoxy groups -OCH3 is 2. The summed E-state index contributed by atoms with van der Waals surface area (Å²) in [5.41, 5.74) is 11.1. The zero-order valence-electron chi connectivity index (χ0n) is 23.7. The van der Waals surface area contributed by atoms with Gasteiger partial charge in [-0.3, -0.25) is 0 Å². The molecule has 0 saturated heterocycles. The molecule has 0 N–H and O–H groups in total. The summed E-state index contributed by atoms with van der Waals surface area (Å²) >= 11 is 4.28. The van der Waals surface area contributed by atoms with E-state index in [4.69, 9.17) is 9.47 Å². The molecule has 0 radical (unpaired) electrons. The minimum Gasteiger partial charge on any atom is -0.497 e. The lowest BCUT2D eigenvalue weighted by Gasteiger charge is -2.49. The first kappa shape index (κ1) is 27.8. The molecule has 2 aromatic carbocycles. The van der Waals surface area contributed by atoms with Crippen molar-refractivity contribution >= 4 is 29.1 Å². The van der Waals surface area contributed by atoms with Crippen LogP contribution in [0.4, 0.5) is 0 Å². The van der Waals surface area contributed by atoms with Crippen molar-refractivity contribution < 1.29 is 9.47 Å². The second kappa shape index (κ2) is 12.6. The van der Waals surface area contributed by atoms with Gasteiger partial charge in [0.2, 0.25) is 0 Å². The molecule has 3 aliphatic rings. The van der Waals surface area contributed by atoms with Gasteiger partial charge in [0, 0.05) is 10.7 Å². The summed E-state index contributed by atoms with van der Waals surface area (Å²) in [6.07, 6.45) is 12.0. The molecule has 0 saturated carbocycles. The Morgan fingerprint density at radius 1 is 0.868 bits per heavy atom. The summed E-state index contributed by atoms with van der Waals surface area (Å²) in [6.45, 7) is 4.61. The van der Waals surface area contributed by atoms with Crippen molar-refractivity contribution in [3.05, 3.63) is 75.2 Å². The molecular weight excluding hydrogens is 505 g/mol. The average molecular weight is 549 g/mol. The number of allylic oxidation sites excluding steroid dienone is 2. The van der Waals surface area contributed by atoms with Gasteiger partial charge in [0.25, 0.3) is 0 Å². The van der Waals surface area contributed by atoms with Crippen LogP contribution in [0.3, 0.4) is 0 Å². The Kier molecular flexibility index (Phi) is 9.21. The molecule has 2 aromatic rings. The molecule has 3 aliphatic carbocycles. The van der Waals surface area contributed by atoms with Crippen molar-refractivity contribution in [2.24, 2.45) is 0 Å². The standard InChI is InChI=1S/C34H44O2S2/c1-5-7-17-37-23-26-11-9-25-20-28(36-4)13-16-32(25)34(26)21-31-29-15-12-27(35-3)19-24(29)10-14-30(31)33(22-34)38-18-8-6-2/h12-13,15-16,19-20,23,33H,5-11,14,17-18,21-22H2,1-4H3/b26-23+. The van der Waals surface area contributed by atoms with E-state index in [0.29, 0.717) is 5.25 Å². The summed E-state index contributed by atoms with van der Waals surface area (Å²) < 4.78 is 11.3. The molecule has 0 bridgehead atoms. The molecular formula is C34H44O2S2. The van der Waals surface area contributed by atoms with E-state index in [0.717, 1.165) is 37.2 Å². The number of hydrogen-bond donors (Lipinski definition) is 0. The highest BCUT2D eigenvalue weighted by molar-refractivity contribution is 8.02. The summed E-state index contributed by atoms with van der Waals surface area (Å²) in [5.74, 6) is 4.44. The van der Waals surface area contributed by atoms with Crippen LogP contribution in [0.25, 0.3) is 5.57 Å². The minimum absolute atomic E-state index is 0.0658. The van der Waals surface area contributed by atoms with Crippen LogP contribution in [-0.4, -0.2) is 31.0 Å². The third-order valence-electron chi connectivity index (χ3n) is 8.85. The van der Waals surface area contributed by atoms with Crippen molar-refractivity contribution in [1.29, 1.82) is 0 Å². The number of thioether (sulfide) groups is 2. The normalized spacial score (nSPS) is 23.3. The second-order valence-electron chi connectivity index (χ2n) is 11.1. The van der Waals surface area contributed by atoms with E-state index in [-0.39, 0.29) is 5.41 Å². The lowest BCUT2D eigenvalue weighted by molar-refractivity contribution is 0.404. The molecule has 4 heteroatoms. The molecule has 0 amide bonds. The molecule has 2 nitrogen and oxygen atoms in total. The number of ether oxygens (including phenoxy) is 2. The molecule has 38 heavy (non-hydrogen) atoms. The zero-order valence-corrected chi connectivity index (χ0v) is 25.4. The SMILES string of the molecule is CCCCS/C=C1\CCc2cc(OC)ccc2C12CC1=C(CCc3cc(OC)ccc31)C(SCCCC)C2. The maximum atomic E-state index is 5.67. The lowest BCUT2D eigenvalue weighted by atomic mass is 9.57. The maximum Gasteiger partial charge on any atom is 0.119 e. The van der Waals surface area contributed by atoms with Gasteiger partial charge in [-0.25, -0.2) is 0 Å². The van der Waals surface area contributed by atoms with E-state index in [1.807, 2.05) is 0 Å². The number of hydrogen-bond acceptors (Lipinski definition) is 4. The largest absolute Gasteiger partial charge is 0.497 e. The summed E-state index contributed by atoms with van der Waals surface area (Å²) in [6, 6.07) is 13.8. The highest BCUT2D eigenvalue weighted by Gasteiger charge is 2.47. The van der Waals surface area contributed by atoms with Gasteiger partial charge in [0.05, 0.1) is 14.2 Å². The molecule has 0 aliphatic heterocycles. The van der Waals surface area contributed by atoms with Crippen LogP contribution >= 0.6 is 23.5 Å². The van der Waals surface area contributed by atoms with Gasteiger partial charge in [0.1, 0.15) is 11.5 Å². The predicted molar refractivity (Wildman–Crippen MR) is 167 cm³/mol. The number of benzene rings is 2. The van der Waals surface area contributed by atoms with Crippen LogP contribution in [0.15, 0.2) is 53.0 Å². The van der Waals surface area contributed by atoms with Crippen LogP contribution in [0.1, 0.15) is 87.5 Å². The van der Waals surface area contributed by atoms with Crippen molar-refractivity contribution in [2.45, 2.75) is 88.7 Å². The molecule has 1 spiro atoms. The Bertz CT molecular complexity index is 1200. The number of fused-ring (bicyclic) bond motifs is 4. The molecule has 204 valence electrons. The zero-order chi connectivity index (χ0) is 26.5. The van der Waals surface area contributed by atoms with Gasteiger partial charge in [-0.2, -0.15) is 11.8 Å². The molecule has 0 fully saturated rings. The first-order chi connectivity index (χ1) is 18.6. The predicted octanol–water partition coefficient (Wildman–Crippen LogP) is 9.40. The van der Waals surface area contributed by atoms with Crippen LogP contribution in [0.5, 0.6) is 11.5 Å². The lowest BCUT2D eigenvalue weighted by Crippen LogP contribution is -2.41. The Hall–Kier alpha value is -1.78. The minimum atomic E-state index is 0.0658. The molecule has 2 unspecified atom stereocenters. The maximum absolute atomic E-state index is 5.67. The first-order valence-corrected chi connectivity index (χ1v) is 16.7. The highest BCUT2D eigenvalue weighted by atomic mass is 32.2. The van der Waals surface area contributed by atoms with E-state index in [9.17, 15) is 0 Å². The van der Waals surface area contributed by atoms with Gasteiger partial charge in [-0.1, -0.05) is 50.0 Å². The second-order valence-corrected chi connectivity index (χ2v) is 13.4. The van der Waals surface area contributed by atoms with Gasteiger partial charge >= 0.3 is 0 Å². The Balaban J connectivity index is 1.63. The van der Waals surface area contributed by atoms with Crippen molar-refractivity contribution in [1.82, 2.24) is 0 Å².